The van der Waals surface area contributed by atoms with Gasteiger partial charge in [-0.05, 0) is 30.3 Å². The lowest BCUT2D eigenvalue weighted by Crippen LogP contribution is -2.21. The third kappa shape index (κ3) is 3.25. The molecule has 0 aliphatic rings. The van der Waals surface area contributed by atoms with Crippen molar-refractivity contribution < 1.29 is 13.9 Å². The predicted octanol–water partition coefficient (Wildman–Crippen LogP) is 3.56. The van der Waals surface area contributed by atoms with Crippen LogP contribution in [0.4, 0.5) is 10.1 Å². The number of nitrogen functional groups attached to an aromatic ring is 1. The van der Waals surface area contributed by atoms with E-state index >= 15 is 0 Å². The molecule has 0 aliphatic carbocycles. The van der Waals surface area contributed by atoms with E-state index in [0.29, 0.717) is 5.56 Å². The molecule has 2 aromatic rings. The average Bonchev–Trinajstić information content (AvgIpc) is 2.44. The van der Waals surface area contributed by atoms with E-state index in [1.807, 2.05) is 0 Å². The van der Waals surface area contributed by atoms with E-state index in [1.54, 1.807) is 26.2 Å². The molecule has 6 heteroatoms. The van der Waals surface area contributed by atoms with Crippen molar-refractivity contribution >= 4 is 23.2 Å². The molecule has 21 heavy (non-hydrogen) atoms. The Morgan fingerprint density at radius 2 is 1.95 bits per heavy atom. The summed E-state index contributed by atoms with van der Waals surface area (Å²) in [5, 5.41) is -0.0366. The van der Waals surface area contributed by atoms with Crippen LogP contribution >= 0.6 is 11.6 Å². The fourth-order valence-electron chi connectivity index (χ4n) is 1.71. The fraction of sp³-hybridized carbons (Fsp3) is 0.133. The number of ether oxygens (including phenoxy) is 1. The van der Waals surface area contributed by atoms with Crippen molar-refractivity contribution in [2.24, 2.45) is 0 Å². The summed E-state index contributed by atoms with van der Waals surface area (Å²) < 4.78 is 19.2. The van der Waals surface area contributed by atoms with Gasteiger partial charge >= 0.3 is 0 Å². The summed E-state index contributed by atoms with van der Waals surface area (Å²) >= 11 is 5.69. The molecule has 0 saturated carbocycles. The highest BCUT2D eigenvalue weighted by molar-refractivity contribution is 6.30. The molecule has 1 amide bonds. The summed E-state index contributed by atoms with van der Waals surface area (Å²) in [6.45, 7) is 0. The molecule has 110 valence electrons. The van der Waals surface area contributed by atoms with Crippen molar-refractivity contribution in [3.8, 4) is 11.5 Å². The summed E-state index contributed by atoms with van der Waals surface area (Å²) in [7, 11) is 3.29. The average molecular weight is 309 g/mol. The second kappa shape index (κ2) is 6.01. The Labute approximate surface area is 126 Å². The number of amides is 1. The lowest BCUT2D eigenvalue weighted by molar-refractivity contribution is 0.0827. The number of benzene rings is 2. The first-order chi connectivity index (χ1) is 9.90. The molecular weight excluding hydrogens is 295 g/mol. The molecule has 0 atom stereocenters. The molecule has 0 saturated heterocycles. The minimum atomic E-state index is -0.660. The molecule has 2 aromatic carbocycles. The molecular formula is C15H14ClFN2O2. The van der Waals surface area contributed by atoms with E-state index in [4.69, 9.17) is 22.1 Å². The van der Waals surface area contributed by atoms with Gasteiger partial charge in [0.25, 0.3) is 5.91 Å². The molecule has 0 bridgehead atoms. The minimum absolute atomic E-state index is 0.0270. The Hall–Kier alpha value is -2.27. The summed E-state index contributed by atoms with van der Waals surface area (Å²) in [5.41, 5.74) is 6.51. The molecule has 0 heterocycles. The number of hydrogen-bond donors (Lipinski definition) is 1. The van der Waals surface area contributed by atoms with Crippen molar-refractivity contribution in [3.05, 3.63) is 52.8 Å². The molecule has 2 N–H and O–H groups in total. The third-order valence-corrected chi connectivity index (χ3v) is 3.09. The zero-order valence-electron chi connectivity index (χ0n) is 11.6. The van der Waals surface area contributed by atoms with E-state index < -0.39 is 5.82 Å². The van der Waals surface area contributed by atoms with Crippen molar-refractivity contribution in [3.63, 3.8) is 0 Å². The summed E-state index contributed by atoms with van der Waals surface area (Å²) in [4.78, 5) is 13.3. The van der Waals surface area contributed by atoms with Crippen molar-refractivity contribution in [2.75, 3.05) is 19.8 Å². The predicted molar refractivity (Wildman–Crippen MR) is 80.4 cm³/mol. The zero-order valence-corrected chi connectivity index (χ0v) is 12.3. The molecule has 0 spiro atoms. The van der Waals surface area contributed by atoms with Gasteiger partial charge in [-0.2, -0.15) is 0 Å². The third-order valence-electron chi connectivity index (χ3n) is 2.80. The number of hydrogen-bond acceptors (Lipinski definition) is 3. The quantitative estimate of drug-likeness (QED) is 0.882. The normalized spacial score (nSPS) is 10.3. The summed E-state index contributed by atoms with van der Waals surface area (Å²) in [6, 6.07) is 9.01. The van der Waals surface area contributed by atoms with E-state index in [9.17, 15) is 9.18 Å². The van der Waals surface area contributed by atoms with Crippen LogP contribution in [-0.4, -0.2) is 24.9 Å². The van der Waals surface area contributed by atoms with Gasteiger partial charge < -0.3 is 15.4 Å². The number of carbonyl (C=O) groups is 1. The van der Waals surface area contributed by atoms with Crippen LogP contribution in [0, 0.1) is 5.82 Å². The van der Waals surface area contributed by atoms with Crippen LogP contribution in [0.1, 0.15) is 10.4 Å². The monoisotopic (exact) mass is 308 g/mol. The van der Waals surface area contributed by atoms with E-state index in [2.05, 4.69) is 0 Å². The van der Waals surface area contributed by atoms with Gasteiger partial charge in [0.2, 0.25) is 0 Å². The molecule has 0 fully saturated rings. The zero-order chi connectivity index (χ0) is 15.6. The molecule has 2 rings (SSSR count). The summed E-state index contributed by atoms with van der Waals surface area (Å²) in [6.07, 6.45) is 0. The smallest absolute Gasteiger partial charge is 0.253 e. The van der Waals surface area contributed by atoms with Crippen LogP contribution < -0.4 is 10.5 Å². The van der Waals surface area contributed by atoms with Gasteiger partial charge in [-0.3, -0.25) is 4.79 Å². The first-order valence-corrected chi connectivity index (χ1v) is 6.51. The topological polar surface area (TPSA) is 55.6 Å². The van der Waals surface area contributed by atoms with Crippen LogP contribution in [0.2, 0.25) is 5.02 Å². The number of nitrogens with two attached hydrogens (primary N) is 1. The van der Waals surface area contributed by atoms with E-state index in [0.717, 1.165) is 0 Å². The second-order valence-electron chi connectivity index (χ2n) is 4.61. The van der Waals surface area contributed by atoms with Crippen LogP contribution in [-0.2, 0) is 0 Å². The lowest BCUT2D eigenvalue weighted by Gasteiger charge is -2.13. The number of rotatable bonds is 3. The Morgan fingerprint density at radius 1 is 1.24 bits per heavy atom. The minimum Gasteiger partial charge on any atom is -0.452 e. The molecule has 0 unspecified atom stereocenters. The van der Waals surface area contributed by atoms with Crippen molar-refractivity contribution in [1.82, 2.24) is 4.90 Å². The van der Waals surface area contributed by atoms with Crippen LogP contribution in [0.5, 0.6) is 11.5 Å². The maximum Gasteiger partial charge on any atom is 0.253 e. The van der Waals surface area contributed by atoms with Gasteiger partial charge in [-0.1, -0.05) is 17.7 Å². The van der Waals surface area contributed by atoms with Crippen LogP contribution in [0.15, 0.2) is 36.4 Å². The molecule has 4 nitrogen and oxygen atoms in total. The molecule has 0 aromatic heterocycles. The van der Waals surface area contributed by atoms with E-state index in [-0.39, 0.29) is 28.1 Å². The van der Waals surface area contributed by atoms with Gasteiger partial charge in [-0.15, -0.1) is 0 Å². The highest BCUT2D eigenvalue weighted by Gasteiger charge is 2.13. The maximum atomic E-state index is 13.8. The standard InChI is InChI=1S/C15H14ClFN2O2/c1-19(2)15(20)9-6-7-12(11(18)8-9)21-13-5-3-4-10(16)14(13)17/h3-8H,18H2,1-2H3. The van der Waals surface area contributed by atoms with Crippen LogP contribution in [0.25, 0.3) is 0 Å². The van der Waals surface area contributed by atoms with Gasteiger partial charge in [-0.25, -0.2) is 4.39 Å². The maximum absolute atomic E-state index is 13.8. The highest BCUT2D eigenvalue weighted by Crippen LogP contribution is 2.32. The number of nitrogens with zero attached hydrogens (tertiary/aromatic N) is 1. The molecule has 0 radical (unpaired) electrons. The number of anilines is 1. The largest absolute Gasteiger partial charge is 0.452 e. The second-order valence-corrected chi connectivity index (χ2v) is 5.01. The summed E-state index contributed by atoms with van der Waals surface area (Å²) in [5.74, 6) is -0.610. The number of halogens is 2. The van der Waals surface area contributed by atoms with Crippen molar-refractivity contribution in [1.29, 1.82) is 0 Å². The Kier molecular flexibility index (Phi) is 4.33. The molecule has 0 aliphatic heterocycles. The van der Waals surface area contributed by atoms with Gasteiger partial charge in [0.05, 0.1) is 10.7 Å². The van der Waals surface area contributed by atoms with Crippen molar-refractivity contribution in [2.45, 2.75) is 0 Å². The Balaban J connectivity index is 2.30. The first-order valence-electron chi connectivity index (χ1n) is 6.13. The first kappa shape index (κ1) is 15.1. The Morgan fingerprint density at radius 3 is 2.57 bits per heavy atom. The SMILES string of the molecule is CN(C)C(=O)c1ccc(Oc2cccc(Cl)c2F)c(N)c1. The van der Waals surface area contributed by atoms with Gasteiger partial charge in [0, 0.05) is 19.7 Å². The lowest BCUT2D eigenvalue weighted by atomic mass is 10.1. The number of carbonyl (C=O) groups excluding carboxylic acids is 1. The Bertz CT molecular complexity index is 689. The van der Waals surface area contributed by atoms with E-state index in [1.165, 1.54) is 29.2 Å². The highest BCUT2D eigenvalue weighted by atomic mass is 35.5. The van der Waals surface area contributed by atoms with Gasteiger partial charge in [0.15, 0.2) is 17.3 Å². The fourth-order valence-corrected chi connectivity index (χ4v) is 1.88. The van der Waals surface area contributed by atoms with Gasteiger partial charge in [0.1, 0.15) is 0 Å². The van der Waals surface area contributed by atoms with Crippen LogP contribution in [0.3, 0.4) is 0 Å².